The molecule has 25 heavy (non-hydrogen) atoms. The molecule has 6 nitrogen and oxygen atoms in total. The Morgan fingerprint density at radius 1 is 1.28 bits per heavy atom. The predicted octanol–water partition coefficient (Wildman–Crippen LogP) is 2.07. The first-order chi connectivity index (χ1) is 11.6. The summed E-state index contributed by atoms with van der Waals surface area (Å²) < 4.78 is 16.5. The van der Waals surface area contributed by atoms with Gasteiger partial charge < -0.3 is 24.8 Å². The van der Waals surface area contributed by atoms with Crippen molar-refractivity contribution >= 4 is 18.3 Å². The second-order valence-corrected chi connectivity index (χ2v) is 6.56. The maximum absolute atomic E-state index is 12.9. The van der Waals surface area contributed by atoms with Crippen LogP contribution in [0.25, 0.3) is 0 Å². The van der Waals surface area contributed by atoms with E-state index >= 15 is 0 Å². The second-order valence-electron chi connectivity index (χ2n) is 6.56. The third-order valence-corrected chi connectivity index (χ3v) is 4.88. The first-order valence-corrected chi connectivity index (χ1v) is 8.55. The highest BCUT2D eigenvalue weighted by atomic mass is 35.5. The Labute approximate surface area is 155 Å². The maximum Gasteiger partial charge on any atom is 0.229 e. The van der Waals surface area contributed by atoms with Gasteiger partial charge in [-0.25, -0.2) is 0 Å². The van der Waals surface area contributed by atoms with Crippen LogP contribution in [0.3, 0.4) is 0 Å². The van der Waals surface area contributed by atoms with Gasteiger partial charge in [-0.05, 0) is 50.6 Å². The number of carbonyl (C=O) groups is 1. The molecule has 1 aromatic rings. The number of rotatable bonds is 5. The summed E-state index contributed by atoms with van der Waals surface area (Å²) in [6.45, 7) is 5.26. The lowest BCUT2D eigenvalue weighted by Gasteiger charge is -2.36. The van der Waals surface area contributed by atoms with E-state index in [1.54, 1.807) is 7.11 Å². The molecule has 0 aromatic heterocycles. The molecule has 140 valence electrons. The Morgan fingerprint density at radius 3 is 2.64 bits per heavy atom. The highest BCUT2D eigenvalue weighted by Gasteiger charge is 2.40. The smallest absolute Gasteiger partial charge is 0.229 e. The summed E-state index contributed by atoms with van der Waals surface area (Å²) in [6, 6.07) is 5.73. The van der Waals surface area contributed by atoms with Gasteiger partial charge in [0.15, 0.2) is 11.5 Å². The van der Waals surface area contributed by atoms with Crippen molar-refractivity contribution in [3.8, 4) is 11.5 Å². The van der Waals surface area contributed by atoms with Crippen molar-refractivity contribution in [2.45, 2.75) is 25.8 Å². The summed E-state index contributed by atoms with van der Waals surface area (Å²) in [4.78, 5) is 12.9. The van der Waals surface area contributed by atoms with Gasteiger partial charge in [-0.1, -0.05) is 6.07 Å². The second kappa shape index (κ2) is 8.74. The van der Waals surface area contributed by atoms with Crippen molar-refractivity contribution in [1.82, 2.24) is 10.6 Å². The van der Waals surface area contributed by atoms with Gasteiger partial charge in [0.2, 0.25) is 5.91 Å². The molecule has 0 bridgehead atoms. The average molecular weight is 371 g/mol. The number of hydrogen-bond donors (Lipinski definition) is 2. The molecule has 0 saturated carbocycles. The molecule has 3 rings (SSSR count). The van der Waals surface area contributed by atoms with Crippen LogP contribution in [0.4, 0.5) is 0 Å². The zero-order valence-corrected chi connectivity index (χ0v) is 15.6. The van der Waals surface area contributed by atoms with Gasteiger partial charge in [-0.15, -0.1) is 12.4 Å². The first kappa shape index (κ1) is 19.8. The van der Waals surface area contributed by atoms with E-state index in [4.69, 9.17) is 14.2 Å². The molecule has 1 fully saturated rings. The van der Waals surface area contributed by atoms with Gasteiger partial charge in [-0.3, -0.25) is 4.79 Å². The average Bonchev–Trinajstić information content (AvgIpc) is 2.62. The van der Waals surface area contributed by atoms with E-state index in [1.165, 1.54) is 0 Å². The minimum atomic E-state index is -0.442. The number of benzene rings is 1. The Kier molecular flexibility index (Phi) is 6.93. The van der Waals surface area contributed by atoms with Crippen LogP contribution >= 0.6 is 12.4 Å². The SMILES string of the molecule is COCC1(C(=O)NC(C)c2ccc3c(c2)OCCO3)CCNCC1.Cl. The predicted molar refractivity (Wildman–Crippen MR) is 97.7 cm³/mol. The van der Waals surface area contributed by atoms with Crippen molar-refractivity contribution in [2.24, 2.45) is 5.41 Å². The van der Waals surface area contributed by atoms with Crippen LogP contribution in [0.15, 0.2) is 18.2 Å². The van der Waals surface area contributed by atoms with E-state index in [0.717, 1.165) is 43.0 Å². The van der Waals surface area contributed by atoms with E-state index < -0.39 is 5.41 Å². The van der Waals surface area contributed by atoms with Crippen molar-refractivity contribution < 1.29 is 19.0 Å². The zero-order chi connectivity index (χ0) is 17.0. The summed E-state index contributed by atoms with van der Waals surface area (Å²) >= 11 is 0. The molecule has 7 heteroatoms. The van der Waals surface area contributed by atoms with Crippen LogP contribution in [0.1, 0.15) is 31.4 Å². The largest absolute Gasteiger partial charge is 0.486 e. The molecule has 0 aliphatic carbocycles. The minimum absolute atomic E-state index is 0. The lowest BCUT2D eigenvalue weighted by molar-refractivity contribution is -0.136. The number of amides is 1. The van der Waals surface area contributed by atoms with E-state index in [-0.39, 0.29) is 24.4 Å². The molecule has 1 aromatic carbocycles. The van der Waals surface area contributed by atoms with Gasteiger partial charge >= 0.3 is 0 Å². The number of halogens is 1. The zero-order valence-electron chi connectivity index (χ0n) is 14.8. The lowest BCUT2D eigenvalue weighted by atomic mass is 9.78. The molecule has 2 aliphatic heterocycles. The maximum atomic E-state index is 12.9. The molecule has 2 heterocycles. The highest BCUT2D eigenvalue weighted by Crippen LogP contribution is 2.34. The van der Waals surface area contributed by atoms with Crippen LogP contribution in [0, 0.1) is 5.41 Å². The fourth-order valence-electron chi connectivity index (χ4n) is 3.38. The third kappa shape index (κ3) is 4.37. The summed E-state index contributed by atoms with van der Waals surface area (Å²) in [6.07, 6.45) is 1.58. The summed E-state index contributed by atoms with van der Waals surface area (Å²) in [5.74, 6) is 1.57. The molecule has 0 spiro atoms. The Hall–Kier alpha value is -1.50. The quantitative estimate of drug-likeness (QED) is 0.830. The van der Waals surface area contributed by atoms with Crippen LogP contribution in [-0.2, 0) is 9.53 Å². The number of hydrogen-bond acceptors (Lipinski definition) is 5. The molecular formula is C18H27ClN2O4. The van der Waals surface area contributed by atoms with Gasteiger partial charge in [-0.2, -0.15) is 0 Å². The lowest BCUT2D eigenvalue weighted by Crippen LogP contribution is -2.50. The van der Waals surface area contributed by atoms with Gasteiger partial charge in [0, 0.05) is 7.11 Å². The van der Waals surface area contributed by atoms with E-state index in [1.807, 2.05) is 25.1 Å². The fourth-order valence-corrected chi connectivity index (χ4v) is 3.38. The van der Waals surface area contributed by atoms with Gasteiger partial charge in [0.05, 0.1) is 18.1 Å². The van der Waals surface area contributed by atoms with Crippen LogP contribution in [0.5, 0.6) is 11.5 Å². The summed E-state index contributed by atoms with van der Waals surface area (Å²) in [7, 11) is 1.65. The van der Waals surface area contributed by atoms with E-state index in [0.29, 0.717) is 19.8 Å². The van der Waals surface area contributed by atoms with Crippen molar-refractivity contribution in [2.75, 3.05) is 40.0 Å². The number of carbonyl (C=O) groups excluding carboxylic acids is 1. The van der Waals surface area contributed by atoms with Crippen molar-refractivity contribution in [1.29, 1.82) is 0 Å². The van der Waals surface area contributed by atoms with Gasteiger partial charge in [0.25, 0.3) is 0 Å². The molecule has 2 N–H and O–H groups in total. The van der Waals surface area contributed by atoms with Crippen molar-refractivity contribution in [3.05, 3.63) is 23.8 Å². The third-order valence-electron chi connectivity index (χ3n) is 4.88. The standard InChI is InChI=1S/C18H26N2O4.ClH/c1-13(14-3-4-15-16(11-14)24-10-9-23-15)20-17(21)18(12-22-2)5-7-19-8-6-18;/h3-4,11,13,19H,5-10,12H2,1-2H3,(H,20,21);1H. The first-order valence-electron chi connectivity index (χ1n) is 8.55. The Morgan fingerprint density at radius 2 is 1.96 bits per heavy atom. The summed E-state index contributed by atoms with van der Waals surface area (Å²) in [5.41, 5.74) is 0.566. The molecular weight excluding hydrogens is 344 g/mol. The molecule has 0 radical (unpaired) electrons. The number of ether oxygens (including phenoxy) is 3. The van der Waals surface area contributed by atoms with Crippen LogP contribution in [0.2, 0.25) is 0 Å². The summed E-state index contributed by atoms with van der Waals surface area (Å²) in [5, 5.41) is 6.46. The van der Waals surface area contributed by atoms with Gasteiger partial charge in [0.1, 0.15) is 13.2 Å². The van der Waals surface area contributed by atoms with Crippen LogP contribution < -0.4 is 20.1 Å². The van der Waals surface area contributed by atoms with Crippen molar-refractivity contribution in [3.63, 3.8) is 0 Å². The number of methoxy groups -OCH3 is 1. The molecule has 1 saturated heterocycles. The minimum Gasteiger partial charge on any atom is -0.486 e. The Balaban J connectivity index is 0.00000225. The number of fused-ring (bicyclic) bond motifs is 1. The number of piperidine rings is 1. The normalized spacial score (nSPS) is 19.4. The highest BCUT2D eigenvalue weighted by molar-refractivity contribution is 5.85. The Bertz CT molecular complexity index is 585. The molecule has 1 unspecified atom stereocenters. The molecule has 1 amide bonds. The fraction of sp³-hybridized carbons (Fsp3) is 0.611. The topological polar surface area (TPSA) is 68.8 Å². The van der Waals surface area contributed by atoms with Crippen LogP contribution in [-0.4, -0.2) is 45.9 Å². The molecule has 2 aliphatic rings. The van der Waals surface area contributed by atoms with E-state index in [2.05, 4.69) is 10.6 Å². The monoisotopic (exact) mass is 370 g/mol. The van der Waals surface area contributed by atoms with E-state index in [9.17, 15) is 4.79 Å². The molecule has 1 atom stereocenters. The number of nitrogens with one attached hydrogen (secondary N) is 2.